The highest BCUT2D eigenvalue weighted by Gasteiger charge is 2.32. The van der Waals surface area contributed by atoms with Gasteiger partial charge < -0.3 is 5.32 Å². The predicted octanol–water partition coefficient (Wildman–Crippen LogP) is 2.56. The number of halogens is 1. The highest BCUT2D eigenvalue weighted by molar-refractivity contribution is 6.30. The summed E-state index contributed by atoms with van der Waals surface area (Å²) in [5, 5.41) is 4.01. The van der Waals surface area contributed by atoms with Crippen LogP contribution in [-0.2, 0) is 0 Å². The first-order chi connectivity index (χ1) is 5.75. The molecule has 1 aliphatic carbocycles. The van der Waals surface area contributed by atoms with Crippen molar-refractivity contribution in [1.82, 2.24) is 4.98 Å². The Morgan fingerprint density at radius 1 is 1.58 bits per heavy atom. The van der Waals surface area contributed by atoms with Crippen LogP contribution in [0.5, 0.6) is 0 Å². The van der Waals surface area contributed by atoms with E-state index in [9.17, 15) is 0 Å². The molecule has 1 aromatic heterocycles. The number of nitrogens with one attached hydrogen (secondary N) is 1. The summed E-state index contributed by atoms with van der Waals surface area (Å²) in [6.45, 7) is 2.23. The second kappa shape index (κ2) is 2.94. The molecular weight excluding hydrogens is 172 g/mol. The van der Waals surface area contributed by atoms with Gasteiger partial charge >= 0.3 is 0 Å². The SMILES string of the molecule is CC1CC1Nc1ccc(Cl)cn1. The van der Waals surface area contributed by atoms with E-state index in [0.29, 0.717) is 11.1 Å². The summed E-state index contributed by atoms with van der Waals surface area (Å²) in [6.07, 6.45) is 2.92. The highest BCUT2D eigenvalue weighted by Crippen LogP contribution is 2.32. The standard InChI is InChI=1S/C9H11ClN2/c1-6-4-8(6)12-9-3-2-7(10)5-11-9/h2-3,5-6,8H,4H2,1H3,(H,11,12). The Balaban J connectivity index is 2.00. The third-order valence-electron chi connectivity index (χ3n) is 2.17. The van der Waals surface area contributed by atoms with E-state index in [0.717, 1.165) is 11.7 Å². The van der Waals surface area contributed by atoms with Crippen LogP contribution in [0.15, 0.2) is 18.3 Å². The summed E-state index contributed by atoms with van der Waals surface area (Å²) >= 11 is 5.70. The first-order valence-electron chi connectivity index (χ1n) is 4.14. The molecule has 0 amide bonds. The molecule has 1 fully saturated rings. The number of nitrogens with zero attached hydrogens (tertiary/aromatic N) is 1. The lowest BCUT2D eigenvalue weighted by Gasteiger charge is -2.02. The summed E-state index contributed by atoms with van der Waals surface area (Å²) < 4.78 is 0. The van der Waals surface area contributed by atoms with E-state index in [4.69, 9.17) is 11.6 Å². The Morgan fingerprint density at radius 2 is 2.33 bits per heavy atom. The van der Waals surface area contributed by atoms with Crippen LogP contribution in [0.2, 0.25) is 5.02 Å². The zero-order valence-corrected chi connectivity index (χ0v) is 7.67. The van der Waals surface area contributed by atoms with Gasteiger partial charge in [-0.1, -0.05) is 18.5 Å². The van der Waals surface area contributed by atoms with Crippen LogP contribution in [0.3, 0.4) is 0 Å². The van der Waals surface area contributed by atoms with Gasteiger partial charge in [0.2, 0.25) is 0 Å². The zero-order valence-electron chi connectivity index (χ0n) is 6.92. The molecule has 12 heavy (non-hydrogen) atoms. The van der Waals surface area contributed by atoms with Gasteiger partial charge in [-0.25, -0.2) is 4.98 Å². The van der Waals surface area contributed by atoms with Crippen LogP contribution in [0.4, 0.5) is 5.82 Å². The van der Waals surface area contributed by atoms with Gasteiger partial charge in [-0.15, -0.1) is 0 Å². The molecule has 0 aliphatic heterocycles. The van der Waals surface area contributed by atoms with Crippen molar-refractivity contribution in [2.75, 3.05) is 5.32 Å². The monoisotopic (exact) mass is 182 g/mol. The molecule has 0 saturated heterocycles. The lowest BCUT2D eigenvalue weighted by Crippen LogP contribution is -2.04. The Kier molecular flexibility index (Phi) is 1.93. The summed E-state index contributed by atoms with van der Waals surface area (Å²) in [4.78, 5) is 4.15. The Labute approximate surface area is 77.0 Å². The quantitative estimate of drug-likeness (QED) is 0.761. The minimum absolute atomic E-state index is 0.624. The number of anilines is 1. The van der Waals surface area contributed by atoms with Gasteiger partial charge in [0.15, 0.2) is 0 Å². The maximum absolute atomic E-state index is 5.70. The van der Waals surface area contributed by atoms with Gasteiger partial charge in [0.05, 0.1) is 5.02 Å². The van der Waals surface area contributed by atoms with Gasteiger partial charge in [0, 0.05) is 12.2 Å². The number of hydrogen-bond acceptors (Lipinski definition) is 2. The molecular formula is C9H11ClN2. The van der Waals surface area contributed by atoms with Crippen LogP contribution in [0.25, 0.3) is 0 Å². The summed E-state index contributed by atoms with van der Waals surface area (Å²) in [5.74, 6) is 1.72. The van der Waals surface area contributed by atoms with Crippen LogP contribution in [-0.4, -0.2) is 11.0 Å². The van der Waals surface area contributed by atoms with E-state index in [2.05, 4.69) is 17.2 Å². The number of pyridine rings is 1. The van der Waals surface area contributed by atoms with Crippen molar-refractivity contribution in [3.8, 4) is 0 Å². The minimum Gasteiger partial charge on any atom is -0.367 e. The van der Waals surface area contributed by atoms with E-state index in [1.807, 2.05) is 12.1 Å². The second-order valence-electron chi connectivity index (χ2n) is 3.33. The Hall–Kier alpha value is -0.760. The topological polar surface area (TPSA) is 24.9 Å². The largest absolute Gasteiger partial charge is 0.367 e. The van der Waals surface area contributed by atoms with Crippen molar-refractivity contribution in [1.29, 1.82) is 0 Å². The van der Waals surface area contributed by atoms with E-state index in [1.165, 1.54) is 6.42 Å². The molecule has 2 rings (SSSR count). The van der Waals surface area contributed by atoms with Gasteiger partial charge in [0.1, 0.15) is 5.82 Å². The molecule has 3 heteroatoms. The van der Waals surface area contributed by atoms with Gasteiger partial charge in [-0.2, -0.15) is 0 Å². The molecule has 0 aromatic carbocycles. The fraction of sp³-hybridized carbons (Fsp3) is 0.444. The molecule has 64 valence electrons. The van der Waals surface area contributed by atoms with Gasteiger partial charge in [0.25, 0.3) is 0 Å². The highest BCUT2D eigenvalue weighted by atomic mass is 35.5. The molecule has 0 radical (unpaired) electrons. The summed E-state index contributed by atoms with van der Waals surface area (Å²) in [7, 11) is 0. The van der Waals surface area contributed by atoms with E-state index < -0.39 is 0 Å². The van der Waals surface area contributed by atoms with Crippen molar-refractivity contribution in [3.63, 3.8) is 0 Å². The predicted molar refractivity (Wildman–Crippen MR) is 50.4 cm³/mol. The van der Waals surface area contributed by atoms with Crippen molar-refractivity contribution in [2.45, 2.75) is 19.4 Å². The molecule has 1 aromatic rings. The lowest BCUT2D eigenvalue weighted by molar-refractivity contribution is 0.924. The maximum atomic E-state index is 5.70. The van der Waals surface area contributed by atoms with Crippen molar-refractivity contribution < 1.29 is 0 Å². The molecule has 0 bridgehead atoms. The van der Waals surface area contributed by atoms with Crippen LogP contribution < -0.4 is 5.32 Å². The van der Waals surface area contributed by atoms with E-state index >= 15 is 0 Å². The van der Waals surface area contributed by atoms with Crippen molar-refractivity contribution >= 4 is 17.4 Å². The number of rotatable bonds is 2. The smallest absolute Gasteiger partial charge is 0.126 e. The maximum Gasteiger partial charge on any atom is 0.126 e. The molecule has 0 spiro atoms. The first-order valence-corrected chi connectivity index (χ1v) is 4.51. The molecule has 2 atom stereocenters. The van der Waals surface area contributed by atoms with Crippen LogP contribution in [0.1, 0.15) is 13.3 Å². The molecule has 2 nitrogen and oxygen atoms in total. The normalized spacial score (nSPS) is 26.8. The molecule has 1 N–H and O–H groups in total. The van der Waals surface area contributed by atoms with Crippen LogP contribution >= 0.6 is 11.6 Å². The Bertz CT molecular complexity index is 270. The third-order valence-corrected chi connectivity index (χ3v) is 2.39. The fourth-order valence-electron chi connectivity index (χ4n) is 1.17. The average Bonchev–Trinajstić information content (AvgIpc) is 2.72. The molecule has 1 heterocycles. The van der Waals surface area contributed by atoms with Crippen LogP contribution in [0, 0.1) is 5.92 Å². The van der Waals surface area contributed by atoms with Crippen molar-refractivity contribution in [2.24, 2.45) is 5.92 Å². The average molecular weight is 183 g/mol. The molecule has 1 aliphatic rings. The van der Waals surface area contributed by atoms with Crippen molar-refractivity contribution in [3.05, 3.63) is 23.4 Å². The minimum atomic E-state index is 0.624. The van der Waals surface area contributed by atoms with E-state index in [-0.39, 0.29) is 0 Å². The number of aromatic nitrogens is 1. The molecule has 1 saturated carbocycles. The molecule has 2 unspecified atom stereocenters. The summed E-state index contributed by atoms with van der Waals surface area (Å²) in [6, 6.07) is 4.38. The number of hydrogen-bond donors (Lipinski definition) is 1. The zero-order chi connectivity index (χ0) is 8.55. The summed E-state index contributed by atoms with van der Waals surface area (Å²) in [5.41, 5.74) is 0. The lowest BCUT2D eigenvalue weighted by atomic mass is 10.4. The fourth-order valence-corrected chi connectivity index (χ4v) is 1.29. The van der Waals surface area contributed by atoms with Gasteiger partial charge in [-0.05, 0) is 24.5 Å². The second-order valence-corrected chi connectivity index (χ2v) is 3.76. The first kappa shape index (κ1) is 7.87. The Morgan fingerprint density at radius 3 is 2.83 bits per heavy atom. The van der Waals surface area contributed by atoms with Gasteiger partial charge in [-0.3, -0.25) is 0 Å². The van der Waals surface area contributed by atoms with E-state index in [1.54, 1.807) is 6.20 Å². The third kappa shape index (κ3) is 1.69.